The molecule has 0 saturated carbocycles. The average molecular weight is 320 g/mol. The van der Waals surface area contributed by atoms with E-state index < -0.39 is 4.92 Å². The van der Waals surface area contributed by atoms with Crippen molar-refractivity contribution in [2.75, 3.05) is 0 Å². The molecule has 0 aliphatic heterocycles. The van der Waals surface area contributed by atoms with Gasteiger partial charge < -0.3 is 9.67 Å². The Kier molecular flexibility index (Phi) is 3.72. The Balaban J connectivity index is 2.15. The summed E-state index contributed by atoms with van der Waals surface area (Å²) in [5.74, 6) is 0.0559. The van der Waals surface area contributed by atoms with Crippen molar-refractivity contribution in [2.45, 2.75) is 0 Å². The average Bonchev–Trinajstić information content (AvgIpc) is 2.93. The Morgan fingerprint density at radius 3 is 2.50 bits per heavy atom. The van der Waals surface area contributed by atoms with Gasteiger partial charge in [-0.2, -0.15) is 5.26 Å². The van der Waals surface area contributed by atoms with Gasteiger partial charge in [-0.1, -0.05) is 12.1 Å². The predicted octanol–water partition coefficient (Wildman–Crippen LogP) is 3.43. The maximum atomic E-state index is 10.7. The highest BCUT2D eigenvalue weighted by Gasteiger charge is 2.18. The van der Waals surface area contributed by atoms with Crippen LogP contribution < -0.4 is 0 Å². The number of nitrogens with zero attached hydrogens (tertiary/aromatic N) is 4. The van der Waals surface area contributed by atoms with Crippen molar-refractivity contribution in [3.05, 3.63) is 70.0 Å². The minimum atomic E-state index is -0.527. The van der Waals surface area contributed by atoms with Crippen molar-refractivity contribution in [2.24, 2.45) is 7.05 Å². The molecule has 0 spiro atoms. The minimum Gasteiger partial charge on any atom is -0.506 e. The number of hydrogen-bond donors (Lipinski definition) is 1. The topological polar surface area (TPSA) is 105 Å². The molecule has 24 heavy (non-hydrogen) atoms. The first-order chi connectivity index (χ1) is 11.5. The van der Waals surface area contributed by atoms with E-state index in [1.165, 1.54) is 24.3 Å². The Morgan fingerprint density at radius 2 is 1.92 bits per heavy atom. The molecule has 0 saturated heterocycles. The fraction of sp³-hybridized carbons (Fsp3) is 0.0588. The molecule has 0 unspecified atom stereocenters. The number of hydrogen-bond acceptors (Lipinski definition) is 5. The lowest BCUT2D eigenvalue weighted by Crippen LogP contribution is -1.99. The second-order valence-electron chi connectivity index (χ2n) is 5.12. The van der Waals surface area contributed by atoms with E-state index in [4.69, 9.17) is 0 Å². The van der Waals surface area contributed by atoms with Crippen LogP contribution in [0.25, 0.3) is 22.4 Å². The molecule has 0 bridgehead atoms. The fourth-order valence-corrected chi connectivity index (χ4v) is 2.46. The number of fused-ring (bicyclic) bond motifs is 1. The van der Waals surface area contributed by atoms with Gasteiger partial charge in [0.2, 0.25) is 0 Å². The van der Waals surface area contributed by atoms with Gasteiger partial charge in [0.05, 0.1) is 16.0 Å². The molecule has 3 aromatic rings. The number of rotatable bonds is 3. The quantitative estimate of drug-likeness (QED) is 0.344. The summed E-state index contributed by atoms with van der Waals surface area (Å²) in [6.45, 7) is 0. The van der Waals surface area contributed by atoms with Crippen molar-refractivity contribution in [3.63, 3.8) is 0 Å². The standard InChI is InChI=1S/C17H12N4O3/c1-20-15-5-3-2-4-14(15)19-17(20)13(10-18)16(22)11-6-8-12(9-7-11)21(23)24/h2-9,22H,1H3/b16-13-. The van der Waals surface area contributed by atoms with E-state index in [1.807, 2.05) is 30.3 Å². The first-order valence-corrected chi connectivity index (χ1v) is 7.03. The predicted molar refractivity (Wildman–Crippen MR) is 88.9 cm³/mol. The molecule has 0 fully saturated rings. The van der Waals surface area contributed by atoms with Crippen molar-refractivity contribution >= 4 is 28.1 Å². The van der Waals surface area contributed by atoms with Crippen LogP contribution in [0.3, 0.4) is 0 Å². The molecular weight excluding hydrogens is 308 g/mol. The van der Waals surface area contributed by atoms with E-state index in [2.05, 4.69) is 4.98 Å². The Morgan fingerprint density at radius 1 is 1.25 bits per heavy atom. The van der Waals surface area contributed by atoms with Crippen LogP contribution in [0.4, 0.5) is 5.69 Å². The van der Waals surface area contributed by atoms with Crippen LogP contribution in [0.2, 0.25) is 0 Å². The van der Waals surface area contributed by atoms with Gasteiger partial charge in [-0.15, -0.1) is 0 Å². The molecule has 1 N–H and O–H groups in total. The summed E-state index contributed by atoms with van der Waals surface area (Å²) in [6, 6.07) is 14.7. The number of nitriles is 1. The number of nitro benzene ring substituents is 1. The van der Waals surface area contributed by atoms with E-state index in [9.17, 15) is 20.5 Å². The maximum Gasteiger partial charge on any atom is 0.269 e. The molecule has 7 nitrogen and oxygen atoms in total. The van der Waals surface area contributed by atoms with Crippen molar-refractivity contribution in [3.8, 4) is 6.07 Å². The van der Waals surface area contributed by atoms with E-state index in [1.54, 1.807) is 11.6 Å². The summed E-state index contributed by atoms with van der Waals surface area (Å²) in [7, 11) is 1.76. The van der Waals surface area contributed by atoms with E-state index in [-0.39, 0.29) is 17.0 Å². The van der Waals surface area contributed by atoms with Crippen molar-refractivity contribution < 1.29 is 10.0 Å². The van der Waals surface area contributed by atoms with E-state index in [0.29, 0.717) is 16.9 Å². The number of para-hydroxylation sites is 2. The molecule has 0 aliphatic carbocycles. The summed E-state index contributed by atoms with van der Waals surface area (Å²) >= 11 is 0. The highest BCUT2D eigenvalue weighted by molar-refractivity contribution is 5.94. The maximum absolute atomic E-state index is 10.7. The van der Waals surface area contributed by atoms with Crippen LogP contribution >= 0.6 is 0 Å². The van der Waals surface area contributed by atoms with Crippen LogP contribution in [-0.4, -0.2) is 19.6 Å². The highest BCUT2D eigenvalue weighted by atomic mass is 16.6. The van der Waals surface area contributed by atoms with Crippen LogP contribution in [-0.2, 0) is 7.05 Å². The van der Waals surface area contributed by atoms with Gasteiger partial charge in [-0.25, -0.2) is 4.98 Å². The van der Waals surface area contributed by atoms with Crippen LogP contribution in [0.15, 0.2) is 48.5 Å². The zero-order chi connectivity index (χ0) is 17.3. The van der Waals surface area contributed by atoms with Gasteiger partial charge in [0, 0.05) is 24.7 Å². The van der Waals surface area contributed by atoms with Crippen LogP contribution in [0.5, 0.6) is 0 Å². The normalized spacial score (nSPS) is 11.8. The van der Waals surface area contributed by atoms with Crippen LogP contribution in [0.1, 0.15) is 11.4 Å². The number of nitro groups is 1. The van der Waals surface area contributed by atoms with Gasteiger partial charge in [-0.3, -0.25) is 10.1 Å². The summed E-state index contributed by atoms with van der Waals surface area (Å²) in [4.78, 5) is 14.6. The molecule has 0 atom stereocenters. The molecule has 0 aliphatic rings. The van der Waals surface area contributed by atoms with Gasteiger partial charge in [0.15, 0.2) is 5.82 Å². The van der Waals surface area contributed by atoms with Gasteiger partial charge in [0.25, 0.3) is 5.69 Å². The lowest BCUT2D eigenvalue weighted by molar-refractivity contribution is -0.384. The second kappa shape index (κ2) is 5.85. The molecular formula is C17H12N4O3. The Labute approximate surface area is 136 Å². The van der Waals surface area contributed by atoms with Gasteiger partial charge in [-0.05, 0) is 24.3 Å². The molecule has 118 valence electrons. The fourth-order valence-electron chi connectivity index (χ4n) is 2.46. The third kappa shape index (κ3) is 2.46. The monoisotopic (exact) mass is 320 g/mol. The second-order valence-corrected chi connectivity index (χ2v) is 5.12. The molecule has 1 aromatic heterocycles. The number of allylic oxidation sites excluding steroid dienone is 1. The summed E-state index contributed by atoms with van der Waals surface area (Å²) in [5.41, 5.74) is 1.76. The summed E-state index contributed by atoms with van der Waals surface area (Å²) < 4.78 is 1.72. The molecule has 1 heterocycles. The third-order valence-electron chi connectivity index (χ3n) is 3.71. The smallest absolute Gasteiger partial charge is 0.269 e. The number of imidazole rings is 1. The summed E-state index contributed by atoms with van der Waals surface area (Å²) in [5, 5.41) is 30.6. The van der Waals surface area contributed by atoms with Crippen molar-refractivity contribution in [1.29, 1.82) is 5.26 Å². The lowest BCUT2D eigenvalue weighted by atomic mass is 10.1. The zero-order valence-electron chi connectivity index (χ0n) is 12.7. The van der Waals surface area contributed by atoms with Gasteiger partial charge in [0.1, 0.15) is 17.4 Å². The number of aryl methyl sites for hydroxylation is 1. The number of aliphatic hydroxyl groups is 1. The number of aliphatic hydroxyl groups excluding tert-OH is 1. The number of non-ortho nitro benzene ring substituents is 1. The molecule has 7 heteroatoms. The first-order valence-electron chi connectivity index (χ1n) is 7.03. The van der Waals surface area contributed by atoms with Crippen molar-refractivity contribution in [1.82, 2.24) is 9.55 Å². The molecule has 3 rings (SSSR count). The Bertz CT molecular complexity index is 1010. The zero-order valence-corrected chi connectivity index (χ0v) is 12.7. The lowest BCUT2D eigenvalue weighted by Gasteiger charge is -2.05. The molecule has 0 amide bonds. The highest BCUT2D eigenvalue weighted by Crippen LogP contribution is 2.27. The van der Waals surface area contributed by atoms with Gasteiger partial charge >= 0.3 is 0 Å². The summed E-state index contributed by atoms with van der Waals surface area (Å²) in [6.07, 6.45) is 0. The minimum absolute atomic E-state index is 0.00236. The van der Waals surface area contributed by atoms with Crippen LogP contribution in [0, 0.1) is 21.4 Å². The van der Waals surface area contributed by atoms with E-state index in [0.717, 1.165) is 5.52 Å². The number of aromatic nitrogens is 2. The third-order valence-corrected chi connectivity index (χ3v) is 3.71. The molecule has 2 aromatic carbocycles. The largest absolute Gasteiger partial charge is 0.506 e. The van der Waals surface area contributed by atoms with E-state index >= 15 is 0 Å². The number of benzene rings is 2. The SMILES string of the molecule is Cn1c(/C(C#N)=C(\O)c2ccc([N+](=O)[O-])cc2)nc2ccccc21. The molecule has 0 radical (unpaired) electrons. The first kappa shape index (κ1) is 15.2. The Hall–Kier alpha value is -3.66.